The second-order valence-corrected chi connectivity index (χ2v) is 5.11. The van der Waals surface area contributed by atoms with Gasteiger partial charge in [-0.25, -0.2) is 0 Å². The van der Waals surface area contributed by atoms with E-state index < -0.39 is 0 Å². The zero-order valence-electron chi connectivity index (χ0n) is 12.3. The Morgan fingerprint density at radius 2 is 1.62 bits per heavy atom. The molecule has 0 bridgehead atoms. The number of aromatic nitrogens is 2. The molecular formula is C18H18N2O. The van der Waals surface area contributed by atoms with Crippen LogP contribution in [0.1, 0.15) is 18.9 Å². The molecule has 21 heavy (non-hydrogen) atoms. The Balaban J connectivity index is 2.14. The summed E-state index contributed by atoms with van der Waals surface area (Å²) < 4.78 is 5.70. The minimum Gasteiger partial charge on any atom is -0.476 e. The SMILES string of the molecule is CCCOc1nnc(-c2ccc(C)cc2)c2ccccc12. The molecule has 0 atom stereocenters. The van der Waals surface area contributed by atoms with Gasteiger partial charge >= 0.3 is 0 Å². The molecule has 3 aromatic rings. The number of rotatable bonds is 4. The summed E-state index contributed by atoms with van der Waals surface area (Å²) in [6.45, 7) is 4.81. The molecule has 0 spiro atoms. The van der Waals surface area contributed by atoms with Gasteiger partial charge in [-0.05, 0) is 19.4 Å². The highest BCUT2D eigenvalue weighted by Gasteiger charge is 2.11. The molecule has 0 fully saturated rings. The van der Waals surface area contributed by atoms with Gasteiger partial charge in [-0.15, -0.1) is 10.2 Å². The largest absolute Gasteiger partial charge is 0.476 e. The van der Waals surface area contributed by atoms with E-state index in [4.69, 9.17) is 4.74 Å². The fraction of sp³-hybridized carbons (Fsp3) is 0.222. The molecule has 1 aromatic heterocycles. The molecule has 0 saturated heterocycles. The maximum Gasteiger partial charge on any atom is 0.241 e. The number of hydrogen-bond donors (Lipinski definition) is 0. The Labute approximate surface area is 124 Å². The lowest BCUT2D eigenvalue weighted by Crippen LogP contribution is -2.01. The Bertz CT molecular complexity index is 751. The van der Waals surface area contributed by atoms with Crippen molar-refractivity contribution >= 4 is 10.8 Å². The monoisotopic (exact) mass is 278 g/mol. The van der Waals surface area contributed by atoms with Crippen molar-refractivity contribution in [1.82, 2.24) is 10.2 Å². The first-order valence-corrected chi connectivity index (χ1v) is 7.25. The summed E-state index contributed by atoms with van der Waals surface area (Å²) in [7, 11) is 0. The van der Waals surface area contributed by atoms with Crippen LogP contribution in [0.2, 0.25) is 0 Å². The number of aryl methyl sites for hydroxylation is 1. The van der Waals surface area contributed by atoms with Crippen LogP contribution in [0.5, 0.6) is 5.88 Å². The van der Waals surface area contributed by atoms with E-state index in [0.717, 1.165) is 28.5 Å². The normalized spacial score (nSPS) is 10.8. The minimum atomic E-state index is 0.614. The third kappa shape index (κ3) is 2.72. The lowest BCUT2D eigenvalue weighted by atomic mass is 10.0. The van der Waals surface area contributed by atoms with Crippen molar-refractivity contribution in [3.63, 3.8) is 0 Å². The van der Waals surface area contributed by atoms with E-state index in [-0.39, 0.29) is 0 Å². The van der Waals surface area contributed by atoms with Crippen LogP contribution >= 0.6 is 0 Å². The van der Waals surface area contributed by atoms with Crippen LogP contribution in [-0.2, 0) is 0 Å². The standard InChI is InChI=1S/C18H18N2O/c1-3-12-21-18-16-7-5-4-6-15(16)17(19-20-18)14-10-8-13(2)9-11-14/h4-11H,3,12H2,1-2H3. The predicted molar refractivity (Wildman–Crippen MR) is 85.5 cm³/mol. The van der Waals surface area contributed by atoms with Crippen LogP contribution in [0.3, 0.4) is 0 Å². The summed E-state index contributed by atoms with van der Waals surface area (Å²) in [5, 5.41) is 10.7. The molecule has 106 valence electrons. The van der Waals surface area contributed by atoms with E-state index in [0.29, 0.717) is 12.5 Å². The maximum atomic E-state index is 5.70. The average molecular weight is 278 g/mol. The number of nitrogens with zero attached hydrogens (tertiary/aromatic N) is 2. The van der Waals surface area contributed by atoms with Gasteiger partial charge in [-0.3, -0.25) is 0 Å². The van der Waals surface area contributed by atoms with E-state index in [1.165, 1.54) is 5.56 Å². The molecule has 0 radical (unpaired) electrons. The van der Waals surface area contributed by atoms with E-state index in [1.54, 1.807) is 0 Å². The van der Waals surface area contributed by atoms with Crippen LogP contribution in [0.15, 0.2) is 48.5 Å². The predicted octanol–water partition coefficient (Wildman–Crippen LogP) is 4.39. The number of fused-ring (bicyclic) bond motifs is 1. The smallest absolute Gasteiger partial charge is 0.241 e. The van der Waals surface area contributed by atoms with Gasteiger partial charge in [-0.1, -0.05) is 55.0 Å². The Hall–Kier alpha value is -2.42. The van der Waals surface area contributed by atoms with Crippen LogP contribution in [-0.4, -0.2) is 16.8 Å². The molecule has 3 rings (SSSR count). The molecule has 0 aliphatic carbocycles. The molecule has 0 unspecified atom stereocenters. The molecule has 0 N–H and O–H groups in total. The molecule has 1 heterocycles. The van der Waals surface area contributed by atoms with Crippen LogP contribution in [0, 0.1) is 6.92 Å². The van der Waals surface area contributed by atoms with E-state index in [2.05, 4.69) is 54.4 Å². The summed E-state index contributed by atoms with van der Waals surface area (Å²) in [5.41, 5.74) is 3.21. The van der Waals surface area contributed by atoms with Crippen LogP contribution in [0.25, 0.3) is 22.0 Å². The fourth-order valence-corrected chi connectivity index (χ4v) is 2.31. The zero-order valence-corrected chi connectivity index (χ0v) is 12.3. The Kier molecular flexibility index (Phi) is 3.82. The van der Waals surface area contributed by atoms with Gasteiger partial charge in [-0.2, -0.15) is 0 Å². The lowest BCUT2D eigenvalue weighted by Gasteiger charge is -2.10. The topological polar surface area (TPSA) is 35.0 Å². The van der Waals surface area contributed by atoms with Gasteiger partial charge in [0.1, 0.15) is 5.69 Å². The van der Waals surface area contributed by atoms with Crippen molar-refractivity contribution in [1.29, 1.82) is 0 Å². The molecule has 3 heteroatoms. The lowest BCUT2D eigenvalue weighted by molar-refractivity contribution is 0.306. The van der Waals surface area contributed by atoms with Gasteiger partial charge in [0.15, 0.2) is 0 Å². The number of ether oxygens (including phenoxy) is 1. The molecule has 0 saturated carbocycles. The highest BCUT2D eigenvalue weighted by Crippen LogP contribution is 2.30. The van der Waals surface area contributed by atoms with Gasteiger partial charge in [0.2, 0.25) is 5.88 Å². The summed E-state index contributed by atoms with van der Waals surface area (Å²) >= 11 is 0. The summed E-state index contributed by atoms with van der Waals surface area (Å²) in [6.07, 6.45) is 0.954. The van der Waals surface area contributed by atoms with Crippen LogP contribution in [0.4, 0.5) is 0 Å². The second kappa shape index (κ2) is 5.92. The summed E-state index contributed by atoms with van der Waals surface area (Å²) in [4.78, 5) is 0. The minimum absolute atomic E-state index is 0.614. The van der Waals surface area contributed by atoms with Crippen molar-refractivity contribution in [2.75, 3.05) is 6.61 Å². The summed E-state index contributed by atoms with van der Waals surface area (Å²) in [5.74, 6) is 0.614. The van der Waals surface area contributed by atoms with E-state index in [1.807, 2.05) is 18.2 Å². The van der Waals surface area contributed by atoms with E-state index in [9.17, 15) is 0 Å². The number of hydrogen-bond acceptors (Lipinski definition) is 3. The van der Waals surface area contributed by atoms with Crippen molar-refractivity contribution in [2.45, 2.75) is 20.3 Å². The molecule has 2 aromatic carbocycles. The van der Waals surface area contributed by atoms with Crippen molar-refractivity contribution in [3.05, 3.63) is 54.1 Å². The van der Waals surface area contributed by atoms with Gasteiger partial charge < -0.3 is 4.74 Å². The van der Waals surface area contributed by atoms with Crippen molar-refractivity contribution in [2.24, 2.45) is 0 Å². The fourth-order valence-electron chi connectivity index (χ4n) is 2.31. The van der Waals surface area contributed by atoms with Gasteiger partial charge in [0.25, 0.3) is 0 Å². The Morgan fingerprint density at radius 3 is 2.33 bits per heavy atom. The highest BCUT2D eigenvalue weighted by atomic mass is 16.5. The van der Waals surface area contributed by atoms with Gasteiger partial charge in [0.05, 0.1) is 6.61 Å². The van der Waals surface area contributed by atoms with Crippen LogP contribution < -0.4 is 4.74 Å². The average Bonchev–Trinajstić information content (AvgIpc) is 2.53. The number of benzene rings is 2. The first-order chi connectivity index (χ1) is 10.3. The first kappa shape index (κ1) is 13.6. The first-order valence-electron chi connectivity index (χ1n) is 7.25. The highest BCUT2D eigenvalue weighted by molar-refractivity contribution is 5.96. The quantitative estimate of drug-likeness (QED) is 0.709. The van der Waals surface area contributed by atoms with Gasteiger partial charge in [0, 0.05) is 16.3 Å². The third-order valence-corrected chi connectivity index (χ3v) is 3.42. The zero-order chi connectivity index (χ0) is 14.7. The van der Waals surface area contributed by atoms with E-state index >= 15 is 0 Å². The summed E-state index contributed by atoms with van der Waals surface area (Å²) in [6, 6.07) is 16.5. The Morgan fingerprint density at radius 1 is 0.905 bits per heavy atom. The maximum absolute atomic E-state index is 5.70. The molecule has 0 amide bonds. The third-order valence-electron chi connectivity index (χ3n) is 3.42. The van der Waals surface area contributed by atoms with Crippen molar-refractivity contribution < 1.29 is 4.74 Å². The molecular weight excluding hydrogens is 260 g/mol. The van der Waals surface area contributed by atoms with Crippen molar-refractivity contribution in [3.8, 4) is 17.1 Å². The molecule has 0 aliphatic heterocycles. The second-order valence-electron chi connectivity index (χ2n) is 5.11. The molecule has 0 aliphatic rings. The molecule has 3 nitrogen and oxygen atoms in total.